The molecule has 0 atom stereocenters. The summed E-state index contributed by atoms with van der Waals surface area (Å²) in [6.07, 6.45) is 5.69. The molecule has 1 aliphatic carbocycles. The molecule has 5 nitrogen and oxygen atoms in total. The van der Waals surface area contributed by atoms with Crippen LogP contribution in [0.1, 0.15) is 30.1 Å². The van der Waals surface area contributed by atoms with Gasteiger partial charge >= 0.3 is 5.97 Å². The van der Waals surface area contributed by atoms with E-state index in [1.807, 2.05) is 0 Å². The van der Waals surface area contributed by atoms with Gasteiger partial charge in [0.2, 0.25) is 0 Å². The minimum absolute atomic E-state index is 0.266. The molecule has 1 aliphatic rings. The molecule has 0 aromatic carbocycles. The molecule has 1 saturated carbocycles. The van der Waals surface area contributed by atoms with E-state index in [9.17, 15) is 9.59 Å². The first kappa shape index (κ1) is 9.64. The molecule has 0 aliphatic heterocycles. The van der Waals surface area contributed by atoms with Crippen LogP contribution < -0.4 is 5.56 Å². The zero-order chi connectivity index (χ0) is 10.8. The smallest absolute Gasteiger partial charge is 0.328 e. The normalized spacial score (nSPS) is 15.7. The van der Waals surface area contributed by atoms with Gasteiger partial charge in [0.15, 0.2) is 0 Å². The molecule has 0 saturated heterocycles. The number of nitrogens with one attached hydrogen (secondary N) is 1. The lowest BCUT2D eigenvalue weighted by molar-refractivity contribution is -0.131. The Bertz CT molecular complexity index is 472. The van der Waals surface area contributed by atoms with Crippen molar-refractivity contribution in [2.75, 3.05) is 0 Å². The van der Waals surface area contributed by atoms with Crippen LogP contribution in [0.5, 0.6) is 0 Å². The van der Waals surface area contributed by atoms with Crippen LogP contribution in [0.3, 0.4) is 0 Å². The van der Waals surface area contributed by atoms with Gasteiger partial charge in [0.25, 0.3) is 5.56 Å². The fourth-order valence-corrected chi connectivity index (χ4v) is 1.26. The number of hydrogen-bond donors (Lipinski definition) is 2. The van der Waals surface area contributed by atoms with Crippen LogP contribution in [0.25, 0.3) is 6.08 Å². The van der Waals surface area contributed by atoms with Crippen LogP contribution in [0.2, 0.25) is 0 Å². The summed E-state index contributed by atoms with van der Waals surface area (Å²) in [7, 11) is 0. The van der Waals surface area contributed by atoms with E-state index in [4.69, 9.17) is 5.11 Å². The number of carboxylic acids is 1. The second-order valence-electron chi connectivity index (χ2n) is 3.50. The van der Waals surface area contributed by atoms with Gasteiger partial charge in [0.05, 0.1) is 5.56 Å². The Labute approximate surface area is 85.5 Å². The third kappa shape index (κ3) is 2.31. The molecular weight excluding hydrogens is 196 g/mol. The highest BCUT2D eigenvalue weighted by atomic mass is 16.4. The lowest BCUT2D eigenvalue weighted by Crippen LogP contribution is -2.13. The van der Waals surface area contributed by atoms with E-state index in [0.29, 0.717) is 11.7 Å². The Kier molecular flexibility index (Phi) is 2.37. The molecule has 0 bridgehead atoms. The Morgan fingerprint density at radius 1 is 1.60 bits per heavy atom. The molecule has 2 N–H and O–H groups in total. The highest BCUT2D eigenvalue weighted by molar-refractivity contribution is 5.85. The van der Waals surface area contributed by atoms with E-state index in [-0.39, 0.29) is 11.1 Å². The van der Waals surface area contributed by atoms with Gasteiger partial charge in [0, 0.05) is 18.2 Å². The lowest BCUT2D eigenvalue weighted by Gasteiger charge is -1.97. The maximum atomic E-state index is 11.4. The molecule has 0 amide bonds. The van der Waals surface area contributed by atoms with E-state index < -0.39 is 5.97 Å². The van der Waals surface area contributed by atoms with Gasteiger partial charge in [-0.3, -0.25) is 4.79 Å². The summed E-state index contributed by atoms with van der Waals surface area (Å²) >= 11 is 0. The van der Waals surface area contributed by atoms with Crippen molar-refractivity contribution in [1.29, 1.82) is 0 Å². The van der Waals surface area contributed by atoms with Crippen LogP contribution in [0, 0.1) is 0 Å². The first-order valence-corrected chi connectivity index (χ1v) is 4.67. The quantitative estimate of drug-likeness (QED) is 0.714. The van der Waals surface area contributed by atoms with Crippen LogP contribution in [-0.4, -0.2) is 21.0 Å². The van der Waals surface area contributed by atoms with Crippen molar-refractivity contribution < 1.29 is 9.90 Å². The topological polar surface area (TPSA) is 83.0 Å². The number of carbonyl (C=O) groups is 1. The van der Waals surface area contributed by atoms with E-state index in [2.05, 4.69) is 9.97 Å². The second kappa shape index (κ2) is 3.68. The van der Waals surface area contributed by atoms with Crippen LogP contribution in [-0.2, 0) is 4.79 Å². The highest BCUT2D eigenvalue weighted by Gasteiger charge is 2.25. The number of rotatable bonds is 3. The molecule has 1 heterocycles. The van der Waals surface area contributed by atoms with Gasteiger partial charge in [0.1, 0.15) is 5.82 Å². The predicted octanol–water partition coefficient (Wildman–Crippen LogP) is 0.745. The molecular formula is C10H10N2O3. The largest absolute Gasteiger partial charge is 0.478 e. The molecule has 2 rings (SSSR count). The SMILES string of the molecule is O=C(O)/C=C/c1cnc(C2CC2)[nH]c1=O. The van der Waals surface area contributed by atoms with Gasteiger partial charge in [-0.15, -0.1) is 0 Å². The maximum Gasteiger partial charge on any atom is 0.328 e. The van der Waals surface area contributed by atoms with Crippen molar-refractivity contribution in [3.8, 4) is 0 Å². The Morgan fingerprint density at radius 2 is 2.33 bits per heavy atom. The van der Waals surface area contributed by atoms with Gasteiger partial charge in [-0.25, -0.2) is 9.78 Å². The number of carboxylic acid groups (broad SMARTS) is 1. The van der Waals surface area contributed by atoms with Crippen molar-refractivity contribution in [3.63, 3.8) is 0 Å². The van der Waals surface area contributed by atoms with E-state index in [1.165, 1.54) is 12.3 Å². The minimum atomic E-state index is -1.08. The van der Waals surface area contributed by atoms with Gasteiger partial charge in [-0.1, -0.05) is 0 Å². The highest BCUT2D eigenvalue weighted by Crippen LogP contribution is 2.37. The van der Waals surface area contributed by atoms with Crippen molar-refractivity contribution in [3.05, 3.63) is 34.0 Å². The van der Waals surface area contributed by atoms with Crippen molar-refractivity contribution >= 4 is 12.0 Å². The molecule has 5 heteroatoms. The number of hydrogen-bond acceptors (Lipinski definition) is 3. The molecule has 15 heavy (non-hydrogen) atoms. The molecule has 78 valence electrons. The fraction of sp³-hybridized carbons (Fsp3) is 0.300. The number of nitrogens with zero attached hydrogens (tertiary/aromatic N) is 1. The van der Waals surface area contributed by atoms with Gasteiger partial charge in [-0.2, -0.15) is 0 Å². The van der Waals surface area contributed by atoms with Gasteiger partial charge < -0.3 is 10.1 Å². The van der Waals surface area contributed by atoms with Crippen LogP contribution in [0.4, 0.5) is 0 Å². The summed E-state index contributed by atoms with van der Waals surface area (Å²) < 4.78 is 0. The van der Waals surface area contributed by atoms with E-state index >= 15 is 0 Å². The molecule has 1 aromatic heterocycles. The molecule has 0 radical (unpaired) electrons. The second-order valence-corrected chi connectivity index (χ2v) is 3.50. The van der Waals surface area contributed by atoms with Crippen LogP contribution in [0.15, 0.2) is 17.1 Å². The lowest BCUT2D eigenvalue weighted by atomic mass is 10.3. The third-order valence-corrected chi connectivity index (χ3v) is 2.22. The third-order valence-electron chi connectivity index (χ3n) is 2.22. The predicted molar refractivity (Wildman–Crippen MR) is 53.5 cm³/mol. The zero-order valence-corrected chi connectivity index (χ0v) is 7.93. The zero-order valence-electron chi connectivity index (χ0n) is 7.93. The van der Waals surface area contributed by atoms with Crippen molar-refractivity contribution in [2.24, 2.45) is 0 Å². The molecule has 1 aromatic rings. The van der Waals surface area contributed by atoms with Crippen molar-refractivity contribution in [2.45, 2.75) is 18.8 Å². The van der Waals surface area contributed by atoms with Gasteiger partial charge in [-0.05, 0) is 18.9 Å². The Balaban J connectivity index is 2.26. The Hall–Kier alpha value is -1.91. The monoisotopic (exact) mass is 206 g/mol. The number of H-pyrrole nitrogens is 1. The maximum absolute atomic E-state index is 11.4. The first-order chi connectivity index (χ1) is 7.16. The average Bonchev–Trinajstić information content (AvgIpc) is 2.98. The number of aliphatic carboxylic acids is 1. The molecule has 0 unspecified atom stereocenters. The van der Waals surface area contributed by atoms with Crippen molar-refractivity contribution in [1.82, 2.24) is 9.97 Å². The average molecular weight is 206 g/mol. The first-order valence-electron chi connectivity index (χ1n) is 4.67. The van der Waals surface area contributed by atoms with E-state index in [0.717, 1.165) is 18.9 Å². The fourth-order valence-electron chi connectivity index (χ4n) is 1.26. The summed E-state index contributed by atoms with van der Waals surface area (Å²) in [4.78, 5) is 28.4. The summed E-state index contributed by atoms with van der Waals surface area (Å²) in [6.45, 7) is 0. The van der Waals surface area contributed by atoms with E-state index in [1.54, 1.807) is 0 Å². The standard InChI is InChI=1S/C10H10N2O3/c13-8(14)4-3-7-5-11-9(6-1-2-6)12-10(7)15/h3-6H,1-2H2,(H,13,14)(H,11,12,15)/b4-3+. The minimum Gasteiger partial charge on any atom is -0.478 e. The Morgan fingerprint density at radius 3 is 2.87 bits per heavy atom. The molecule has 0 spiro atoms. The summed E-state index contributed by atoms with van der Waals surface area (Å²) in [5.41, 5.74) is -0.0220. The summed E-state index contributed by atoms with van der Waals surface area (Å²) in [6, 6.07) is 0. The number of aromatic amines is 1. The summed E-state index contributed by atoms with van der Waals surface area (Å²) in [5.74, 6) is 0.00310. The summed E-state index contributed by atoms with van der Waals surface area (Å²) in [5, 5.41) is 8.40. The number of aromatic nitrogens is 2. The molecule has 1 fully saturated rings. The van der Waals surface area contributed by atoms with Crippen LogP contribution >= 0.6 is 0 Å².